The lowest BCUT2D eigenvalue weighted by Crippen LogP contribution is -2.30. The Labute approximate surface area is 117 Å². The van der Waals surface area contributed by atoms with Crippen LogP contribution in [0.1, 0.15) is 17.3 Å². The molecule has 0 N–H and O–H groups in total. The summed E-state index contributed by atoms with van der Waals surface area (Å²) in [4.78, 5) is 33.9. The van der Waals surface area contributed by atoms with Crippen molar-refractivity contribution in [2.45, 2.75) is 13.0 Å². The van der Waals surface area contributed by atoms with E-state index in [1.165, 1.54) is 12.1 Å². The Balaban J connectivity index is 3.04. The van der Waals surface area contributed by atoms with Gasteiger partial charge in [-0.1, -0.05) is 27.5 Å². The summed E-state index contributed by atoms with van der Waals surface area (Å²) in [6, 6.07) is 2.75. The lowest BCUT2D eigenvalue weighted by molar-refractivity contribution is -0.143. The monoisotopic (exact) mass is 333 g/mol. The molecule has 0 fully saturated rings. The van der Waals surface area contributed by atoms with Crippen molar-refractivity contribution in [1.29, 1.82) is 0 Å². The molecule has 0 saturated carbocycles. The van der Waals surface area contributed by atoms with E-state index in [1.807, 2.05) is 0 Å². The molecule has 18 heavy (non-hydrogen) atoms. The van der Waals surface area contributed by atoms with E-state index >= 15 is 0 Å². The van der Waals surface area contributed by atoms with E-state index in [2.05, 4.69) is 25.8 Å². The lowest BCUT2D eigenvalue weighted by atomic mass is 10.1. The predicted octanol–water partition coefficient (Wildman–Crippen LogP) is 2.98. The summed E-state index contributed by atoms with van der Waals surface area (Å²) >= 11 is 9.04. The summed E-state index contributed by atoms with van der Waals surface area (Å²) < 4.78 is 5.27. The molecule has 0 aliphatic heterocycles. The van der Waals surface area contributed by atoms with Crippen molar-refractivity contribution in [2.75, 3.05) is 6.61 Å². The molecule has 1 atom stereocenters. The van der Waals surface area contributed by atoms with Gasteiger partial charge in [-0.05, 0) is 30.3 Å². The van der Waals surface area contributed by atoms with Gasteiger partial charge in [-0.15, -0.1) is 4.91 Å². The third-order valence-electron chi connectivity index (χ3n) is 2.06. The van der Waals surface area contributed by atoms with Gasteiger partial charge in [0.1, 0.15) is 0 Å². The number of halogens is 2. The van der Waals surface area contributed by atoms with Crippen LogP contribution in [0.15, 0.2) is 27.8 Å². The number of rotatable bonds is 5. The minimum Gasteiger partial charge on any atom is -0.464 e. The number of carbonyl (C=O) groups excluding carboxylic acids is 2. The van der Waals surface area contributed by atoms with Crippen LogP contribution in [0.5, 0.6) is 0 Å². The average molecular weight is 335 g/mol. The van der Waals surface area contributed by atoms with Crippen molar-refractivity contribution in [3.8, 4) is 0 Å². The predicted molar refractivity (Wildman–Crippen MR) is 69.7 cm³/mol. The van der Waals surface area contributed by atoms with E-state index in [9.17, 15) is 14.5 Å². The topological polar surface area (TPSA) is 72.8 Å². The molecule has 1 aromatic carbocycles. The largest absolute Gasteiger partial charge is 0.464 e. The first kappa shape index (κ1) is 14.8. The van der Waals surface area contributed by atoms with E-state index in [-0.39, 0.29) is 17.2 Å². The van der Waals surface area contributed by atoms with Gasteiger partial charge in [0.25, 0.3) is 6.04 Å². The number of Topliss-reactive ketones (excluding diaryl/α,β-unsaturated/α-hetero) is 1. The molecule has 0 amide bonds. The maximum Gasteiger partial charge on any atom is 0.342 e. The molecule has 0 aliphatic carbocycles. The average Bonchev–Trinajstić information content (AvgIpc) is 2.29. The SMILES string of the molecule is CCOC(=O)C(N=O)C(=O)c1ccc(Br)cc1Cl. The Hall–Kier alpha value is -1.27. The van der Waals surface area contributed by atoms with Gasteiger partial charge in [0.2, 0.25) is 5.78 Å². The van der Waals surface area contributed by atoms with Gasteiger partial charge in [0.05, 0.1) is 11.6 Å². The molecular weight excluding hydrogens is 325 g/mol. The van der Waals surface area contributed by atoms with Crippen LogP contribution in [-0.4, -0.2) is 24.4 Å². The molecule has 5 nitrogen and oxygen atoms in total. The molecular formula is C11H9BrClNO4. The molecule has 0 spiro atoms. The van der Waals surface area contributed by atoms with Gasteiger partial charge < -0.3 is 4.74 Å². The van der Waals surface area contributed by atoms with Gasteiger partial charge in [-0.25, -0.2) is 4.79 Å². The highest BCUT2D eigenvalue weighted by atomic mass is 79.9. The lowest BCUT2D eigenvalue weighted by Gasteiger charge is -2.08. The summed E-state index contributed by atoms with van der Waals surface area (Å²) in [6.07, 6.45) is 0. The Morgan fingerprint density at radius 1 is 1.50 bits per heavy atom. The number of carbonyl (C=O) groups is 2. The first-order chi connectivity index (χ1) is 8.51. The Kier molecular flexibility index (Phi) is 5.43. The molecule has 1 rings (SSSR count). The molecule has 0 aliphatic rings. The van der Waals surface area contributed by atoms with Crippen molar-refractivity contribution in [2.24, 2.45) is 5.18 Å². The summed E-state index contributed by atoms with van der Waals surface area (Å²) in [6.45, 7) is 1.63. The van der Waals surface area contributed by atoms with Crippen LogP contribution >= 0.6 is 27.5 Å². The second-order valence-electron chi connectivity index (χ2n) is 3.25. The van der Waals surface area contributed by atoms with Gasteiger partial charge in [-0.3, -0.25) is 4.79 Å². The highest BCUT2D eigenvalue weighted by molar-refractivity contribution is 9.10. The number of nitrogens with zero attached hydrogens (tertiary/aromatic N) is 1. The standard InChI is InChI=1S/C11H9BrClNO4/c1-2-18-11(16)9(14-17)10(15)7-4-3-6(12)5-8(7)13/h3-5,9H,2H2,1H3. The van der Waals surface area contributed by atoms with Crippen molar-refractivity contribution >= 4 is 39.3 Å². The minimum atomic E-state index is -1.72. The molecule has 7 heteroatoms. The molecule has 1 unspecified atom stereocenters. The van der Waals surface area contributed by atoms with Crippen LogP contribution in [0.4, 0.5) is 0 Å². The van der Waals surface area contributed by atoms with Crippen molar-refractivity contribution in [1.82, 2.24) is 0 Å². The van der Waals surface area contributed by atoms with Gasteiger partial charge in [0, 0.05) is 10.0 Å². The number of ketones is 1. The first-order valence-corrected chi connectivity index (χ1v) is 6.16. The summed E-state index contributed by atoms with van der Waals surface area (Å²) in [5, 5.41) is 2.63. The zero-order chi connectivity index (χ0) is 13.7. The maximum atomic E-state index is 11.9. The normalized spacial score (nSPS) is 11.7. The number of hydrogen-bond donors (Lipinski definition) is 0. The van der Waals surface area contributed by atoms with Gasteiger partial charge >= 0.3 is 5.97 Å². The number of esters is 1. The second-order valence-corrected chi connectivity index (χ2v) is 4.57. The number of benzene rings is 1. The van der Waals surface area contributed by atoms with Crippen molar-refractivity contribution in [3.63, 3.8) is 0 Å². The highest BCUT2D eigenvalue weighted by Gasteiger charge is 2.31. The van der Waals surface area contributed by atoms with Crippen LogP contribution in [0.2, 0.25) is 5.02 Å². The number of hydrogen-bond acceptors (Lipinski definition) is 5. The molecule has 0 saturated heterocycles. The quantitative estimate of drug-likeness (QED) is 0.359. The smallest absolute Gasteiger partial charge is 0.342 e. The fourth-order valence-electron chi connectivity index (χ4n) is 1.26. The van der Waals surface area contributed by atoms with Crippen LogP contribution in [0.25, 0.3) is 0 Å². The zero-order valence-electron chi connectivity index (χ0n) is 9.35. The van der Waals surface area contributed by atoms with Crippen LogP contribution in [0.3, 0.4) is 0 Å². The minimum absolute atomic E-state index is 0.0533. The van der Waals surface area contributed by atoms with Crippen LogP contribution < -0.4 is 0 Å². The maximum absolute atomic E-state index is 11.9. The molecule has 0 radical (unpaired) electrons. The van der Waals surface area contributed by atoms with E-state index in [0.29, 0.717) is 4.47 Å². The molecule has 0 heterocycles. The highest BCUT2D eigenvalue weighted by Crippen LogP contribution is 2.23. The Morgan fingerprint density at radius 2 is 2.17 bits per heavy atom. The van der Waals surface area contributed by atoms with Crippen molar-refractivity contribution < 1.29 is 14.3 Å². The fraction of sp³-hybridized carbons (Fsp3) is 0.273. The molecule has 1 aromatic rings. The van der Waals surface area contributed by atoms with E-state index < -0.39 is 17.8 Å². The van der Waals surface area contributed by atoms with Crippen molar-refractivity contribution in [3.05, 3.63) is 38.2 Å². The second kappa shape index (κ2) is 6.61. The third kappa shape index (κ3) is 3.36. The fourth-order valence-corrected chi connectivity index (χ4v) is 2.02. The number of nitroso groups, excluding NO2 is 1. The first-order valence-electron chi connectivity index (χ1n) is 4.99. The summed E-state index contributed by atoms with van der Waals surface area (Å²) in [5.41, 5.74) is 0.0533. The summed E-state index contributed by atoms with van der Waals surface area (Å²) in [5.74, 6) is -1.75. The Morgan fingerprint density at radius 3 is 2.67 bits per heavy atom. The molecule has 0 bridgehead atoms. The summed E-state index contributed by atoms with van der Waals surface area (Å²) in [7, 11) is 0. The molecule has 96 valence electrons. The van der Waals surface area contributed by atoms with E-state index in [0.717, 1.165) is 0 Å². The Bertz CT molecular complexity index is 492. The van der Waals surface area contributed by atoms with Crippen LogP contribution in [0, 0.1) is 4.91 Å². The van der Waals surface area contributed by atoms with Crippen LogP contribution in [-0.2, 0) is 9.53 Å². The van der Waals surface area contributed by atoms with E-state index in [4.69, 9.17) is 11.6 Å². The molecule has 0 aromatic heterocycles. The van der Waals surface area contributed by atoms with E-state index in [1.54, 1.807) is 13.0 Å². The number of ether oxygens (including phenoxy) is 1. The third-order valence-corrected chi connectivity index (χ3v) is 2.87. The van der Waals surface area contributed by atoms with Gasteiger partial charge in [-0.2, -0.15) is 0 Å². The zero-order valence-corrected chi connectivity index (χ0v) is 11.7. The van der Waals surface area contributed by atoms with Gasteiger partial charge in [0.15, 0.2) is 0 Å².